The van der Waals surface area contributed by atoms with Crippen LogP contribution >= 0.6 is 27.3 Å². The lowest BCUT2D eigenvalue weighted by Crippen LogP contribution is -2.36. The van der Waals surface area contributed by atoms with Gasteiger partial charge in [-0.05, 0) is 45.0 Å². The Morgan fingerprint density at radius 3 is 2.93 bits per heavy atom. The van der Waals surface area contributed by atoms with Gasteiger partial charge in [0.15, 0.2) is 0 Å². The molecule has 1 amide bonds. The van der Waals surface area contributed by atoms with Gasteiger partial charge < -0.3 is 10.2 Å². The molecular formula is C21H28BrN3OS. The zero-order valence-electron chi connectivity index (χ0n) is 15.9. The molecule has 1 aromatic carbocycles. The molecule has 1 aliphatic rings. The Morgan fingerprint density at radius 1 is 1.33 bits per heavy atom. The second-order valence-corrected chi connectivity index (χ2v) is 9.08. The van der Waals surface area contributed by atoms with Crippen LogP contribution in [0.1, 0.15) is 44.2 Å². The van der Waals surface area contributed by atoms with E-state index in [1.54, 1.807) is 11.3 Å². The molecule has 146 valence electrons. The normalized spacial score (nSPS) is 15.2. The summed E-state index contributed by atoms with van der Waals surface area (Å²) in [5.41, 5.74) is 1.92. The molecule has 3 rings (SSSR count). The molecule has 0 aliphatic heterocycles. The predicted molar refractivity (Wildman–Crippen MR) is 116 cm³/mol. The van der Waals surface area contributed by atoms with Gasteiger partial charge in [-0.15, -0.1) is 11.3 Å². The summed E-state index contributed by atoms with van der Waals surface area (Å²) in [5.74, 6) is 0.0569. The van der Waals surface area contributed by atoms with Crippen molar-refractivity contribution in [1.29, 1.82) is 0 Å². The van der Waals surface area contributed by atoms with Crippen LogP contribution in [-0.4, -0.2) is 42.0 Å². The van der Waals surface area contributed by atoms with Crippen LogP contribution < -0.4 is 5.32 Å². The molecule has 1 heterocycles. The third kappa shape index (κ3) is 6.40. The zero-order valence-corrected chi connectivity index (χ0v) is 18.3. The summed E-state index contributed by atoms with van der Waals surface area (Å²) >= 11 is 5.07. The first-order valence-corrected chi connectivity index (χ1v) is 11.5. The Hall–Kier alpha value is -1.24. The van der Waals surface area contributed by atoms with E-state index < -0.39 is 0 Å². The van der Waals surface area contributed by atoms with E-state index in [4.69, 9.17) is 0 Å². The fourth-order valence-corrected chi connectivity index (χ4v) is 4.85. The van der Waals surface area contributed by atoms with Gasteiger partial charge in [-0.3, -0.25) is 4.79 Å². The molecule has 0 spiro atoms. The van der Waals surface area contributed by atoms with Crippen molar-refractivity contribution in [1.82, 2.24) is 15.2 Å². The number of hydrogen-bond acceptors (Lipinski definition) is 4. The van der Waals surface area contributed by atoms with Crippen molar-refractivity contribution in [3.05, 3.63) is 39.8 Å². The average Bonchev–Trinajstić information content (AvgIpc) is 3.14. The van der Waals surface area contributed by atoms with Crippen molar-refractivity contribution < 1.29 is 4.79 Å². The van der Waals surface area contributed by atoms with E-state index in [0.717, 1.165) is 46.3 Å². The van der Waals surface area contributed by atoms with Crippen molar-refractivity contribution in [3.63, 3.8) is 0 Å². The number of carbonyl (C=O) groups is 1. The number of nitrogens with zero attached hydrogens (tertiary/aromatic N) is 2. The number of aromatic nitrogens is 1. The molecule has 1 aliphatic carbocycles. The summed E-state index contributed by atoms with van der Waals surface area (Å²) in [6, 6.07) is 8.82. The van der Waals surface area contributed by atoms with Crippen molar-refractivity contribution in [2.45, 2.75) is 51.0 Å². The molecule has 6 heteroatoms. The second-order valence-electron chi connectivity index (χ2n) is 7.31. The third-order valence-electron chi connectivity index (χ3n) is 5.17. The number of benzene rings is 1. The summed E-state index contributed by atoms with van der Waals surface area (Å²) in [6.45, 7) is 1.78. The van der Waals surface area contributed by atoms with Crippen molar-refractivity contribution in [2.75, 3.05) is 20.1 Å². The van der Waals surface area contributed by atoms with Crippen LogP contribution in [0.4, 0.5) is 0 Å². The van der Waals surface area contributed by atoms with Gasteiger partial charge in [-0.2, -0.15) is 0 Å². The number of amides is 1. The number of thiazole rings is 1. The van der Waals surface area contributed by atoms with Crippen LogP contribution in [0.15, 0.2) is 34.1 Å². The van der Waals surface area contributed by atoms with Gasteiger partial charge in [-0.25, -0.2) is 4.98 Å². The second kappa shape index (κ2) is 10.3. The molecule has 0 radical (unpaired) electrons. The first-order valence-electron chi connectivity index (χ1n) is 9.79. The lowest BCUT2D eigenvalue weighted by atomic mass is 9.94. The van der Waals surface area contributed by atoms with Crippen molar-refractivity contribution in [2.24, 2.45) is 0 Å². The average molecular weight is 450 g/mol. The highest BCUT2D eigenvalue weighted by molar-refractivity contribution is 9.10. The van der Waals surface area contributed by atoms with E-state index in [2.05, 4.69) is 38.2 Å². The van der Waals surface area contributed by atoms with Gasteiger partial charge in [0.1, 0.15) is 5.01 Å². The van der Waals surface area contributed by atoms with Crippen LogP contribution in [0.3, 0.4) is 0 Å². The van der Waals surface area contributed by atoms with Gasteiger partial charge in [0.25, 0.3) is 0 Å². The lowest BCUT2D eigenvalue weighted by molar-refractivity contribution is -0.120. The van der Waals surface area contributed by atoms with Crippen LogP contribution in [0.25, 0.3) is 10.6 Å². The Balaban J connectivity index is 1.38. The molecular weight excluding hydrogens is 422 g/mol. The van der Waals surface area contributed by atoms with E-state index in [1.807, 2.05) is 29.6 Å². The quantitative estimate of drug-likeness (QED) is 0.583. The molecule has 1 aromatic heterocycles. The standard InChI is InChI=1S/C21H28BrN3OS/c1-25(19-9-3-2-4-10-19)12-6-11-23-20(26)14-18-15-27-21(24-18)16-7-5-8-17(22)13-16/h5,7-8,13,15,19H,2-4,6,9-12,14H2,1H3,(H,23,26). The molecule has 1 saturated carbocycles. The summed E-state index contributed by atoms with van der Waals surface area (Å²) < 4.78 is 1.03. The van der Waals surface area contributed by atoms with Crippen LogP contribution in [0.2, 0.25) is 0 Å². The molecule has 2 aromatic rings. The minimum absolute atomic E-state index is 0.0569. The SMILES string of the molecule is CN(CCCNC(=O)Cc1csc(-c2cccc(Br)c2)n1)C1CCCCC1. The maximum atomic E-state index is 12.2. The third-order valence-corrected chi connectivity index (χ3v) is 6.61. The molecule has 0 atom stereocenters. The first kappa shape index (κ1) is 20.5. The molecule has 0 saturated heterocycles. The lowest BCUT2D eigenvalue weighted by Gasteiger charge is -2.31. The van der Waals surface area contributed by atoms with Crippen molar-refractivity contribution >= 4 is 33.2 Å². The molecule has 0 bridgehead atoms. The maximum absolute atomic E-state index is 12.2. The highest BCUT2D eigenvalue weighted by Gasteiger charge is 2.17. The van der Waals surface area contributed by atoms with E-state index in [-0.39, 0.29) is 5.91 Å². The van der Waals surface area contributed by atoms with E-state index in [0.29, 0.717) is 6.42 Å². The van der Waals surface area contributed by atoms with Crippen LogP contribution in [0, 0.1) is 0 Å². The van der Waals surface area contributed by atoms with Gasteiger partial charge >= 0.3 is 0 Å². The largest absolute Gasteiger partial charge is 0.356 e. The van der Waals surface area contributed by atoms with Gasteiger partial charge in [-0.1, -0.05) is 47.3 Å². The number of rotatable bonds is 8. The van der Waals surface area contributed by atoms with Crippen LogP contribution in [-0.2, 0) is 11.2 Å². The number of carbonyl (C=O) groups excluding carboxylic acids is 1. The highest BCUT2D eigenvalue weighted by atomic mass is 79.9. The summed E-state index contributed by atoms with van der Waals surface area (Å²) in [4.78, 5) is 19.3. The monoisotopic (exact) mass is 449 g/mol. The van der Waals surface area contributed by atoms with Crippen molar-refractivity contribution in [3.8, 4) is 10.6 Å². The fraction of sp³-hybridized carbons (Fsp3) is 0.524. The minimum atomic E-state index is 0.0569. The van der Waals surface area contributed by atoms with Gasteiger partial charge in [0, 0.05) is 28.0 Å². The molecule has 0 unspecified atom stereocenters. The van der Waals surface area contributed by atoms with Gasteiger partial charge in [0.2, 0.25) is 5.91 Å². The number of nitrogens with one attached hydrogen (secondary N) is 1. The Bertz CT molecular complexity index is 743. The minimum Gasteiger partial charge on any atom is -0.356 e. The predicted octanol–water partition coefficient (Wildman–Crippen LogP) is 4.89. The molecule has 1 fully saturated rings. The summed E-state index contributed by atoms with van der Waals surface area (Å²) in [7, 11) is 2.22. The summed E-state index contributed by atoms with van der Waals surface area (Å²) in [6.07, 6.45) is 8.12. The van der Waals surface area contributed by atoms with E-state index in [1.165, 1.54) is 32.1 Å². The Morgan fingerprint density at radius 2 is 2.15 bits per heavy atom. The Labute approximate surface area is 174 Å². The van der Waals surface area contributed by atoms with E-state index >= 15 is 0 Å². The topological polar surface area (TPSA) is 45.2 Å². The fourth-order valence-electron chi connectivity index (χ4n) is 3.63. The molecule has 27 heavy (non-hydrogen) atoms. The molecule has 1 N–H and O–H groups in total. The zero-order chi connectivity index (χ0) is 19.1. The first-order chi connectivity index (χ1) is 13.1. The smallest absolute Gasteiger partial charge is 0.226 e. The number of halogens is 1. The number of hydrogen-bond donors (Lipinski definition) is 1. The molecule has 4 nitrogen and oxygen atoms in total. The van der Waals surface area contributed by atoms with E-state index in [9.17, 15) is 4.79 Å². The van der Waals surface area contributed by atoms with Gasteiger partial charge in [0.05, 0.1) is 12.1 Å². The highest BCUT2D eigenvalue weighted by Crippen LogP contribution is 2.26. The maximum Gasteiger partial charge on any atom is 0.226 e. The summed E-state index contributed by atoms with van der Waals surface area (Å²) in [5, 5.41) is 5.97. The Kier molecular flexibility index (Phi) is 7.85. The van der Waals surface area contributed by atoms with Crippen LogP contribution in [0.5, 0.6) is 0 Å².